The van der Waals surface area contributed by atoms with Crippen molar-refractivity contribution in [2.75, 3.05) is 7.11 Å². The third kappa shape index (κ3) is 6.74. The molecule has 0 spiro atoms. The highest BCUT2D eigenvalue weighted by molar-refractivity contribution is 5.89. The van der Waals surface area contributed by atoms with Crippen molar-refractivity contribution in [3.63, 3.8) is 0 Å². The van der Waals surface area contributed by atoms with Gasteiger partial charge >= 0.3 is 12.1 Å². The zero-order valence-electron chi connectivity index (χ0n) is 16.2. The van der Waals surface area contributed by atoms with Crippen molar-refractivity contribution < 1.29 is 23.9 Å². The number of nitrogens with zero attached hydrogens (tertiary/aromatic N) is 1. The summed E-state index contributed by atoms with van der Waals surface area (Å²) in [5.74, 6) is -0.934. The van der Waals surface area contributed by atoms with Crippen LogP contribution in [-0.4, -0.2) is 47.7 Å². The standard InChI is InChI=1S/C19H28N2O5/c1-13(20-18(24)26-19(3,4)5)16(22)21(14(2)17(23)25-6)12-15-10-8-7-9-11-15/h7-11,13-14H,12H2,1-6H3,(H,20,24)/t13-,14-/m0/s1. The van der Waals surface area contributed by atoms with Gasteiger partial charge < -0.3 is 19.7 Å². The Morgan fingerprint density at radius 3 is 2.19 bits per heavy atom. The van der Waals surface area contributed by atoms with Crippen LogP contribution in [0.2, 0.25) is 0 Å². The SMILES string of the molecule is COC(=O)[C@H](C)N(Cc1ccccc1)C(=O)[C@H](C)NC(=O)OC(C)(C)C. The van der Waals surface area contributed by atoms with Crippen LogP contribution in [0.3, 0.4) is 0 Å². The molecule has 0 bridgehead atoms. The van der Waals surface area contributed by atoms with Gasteiger partial charge in [-0.3, -0.25) is 4.79 Å². The van der Waals surface area contributed by atoms with Gasteiger partial charge in [-0.15, -0.1) is 0 Å². The summed E-state index contributed by atoms with van der Waals surface area (Å²) in [6.07, 6.45) is -0.691. The maximum absolute atomic E-state index is 12.9. The number of methoxy groups -OCH3 is 1. The number of hydrogen-bond donors (Lipinski definition) is 1. The molecule has 0 radical (unpaired) electrons. The number of esters is 1. The molecule has 0 unspecified atom stereocenters. The quantitative estimate of drug-likeness (QED) is 0.784. The van der Waals surface area contributed by atoms with E-state index in [1.54, 1.807) is 34.6 Å². The molecule has 1 rings (SSSR count). The van der Waals surface area contributed by atoms with E-state index in [0.717, 1.165) is 5.56 Å². The molecule has 26 heavy (non-hydrogen) atoms. The summed E-state index contributed by atoms with van der Waals surface area (Å²) in [7, 11) is 1.27. The molecule has 1 N–H and O–H groups in total. The summed E-state index contributed by atoms with van der Waals surface area (Å²) >= 11 is 0. The second kappa shape index (κ2) is 9.22. The first-order valence-corrected chi connectivity index (χ1v) is 8.47. The largest absolute Gasteiger partial charge is 0.467 e. The number of ether oxygens (including phenoxy) is 2. The van der Waals surface area contributed by atoms with Crippen LogP contribution in [0.25, 0.3) is 0 Å². The van der Waals surface area contributed by atoms with E-state index in [1.165, 1.54) is 12.0 Å². The molecular formula is C19H28N2O5. The summed E-state index contributed by atoms with van der Waals surface area (Å²) < 4.78 is 9.94. The van der Waals surface area contributed by atoms with Gasteiger partial charge in [0.1, 0.15) is 17.7 Å². The predicted octanol–water partition coefficient (Wildman–Crippen LogP) is 2.49. The van der Waals surface area contributed by atoms with E-state index in [-0.39, 0.29) is 6.54 Å². The Bertz CT molecular complexity index is 625. The lowest BCUT2D eigenvalue weighted by Gasteiger charge is -2.30. The molecule has 0 fully saturated rings. The van der Waals surface area contributed by atoms with E-state index in [9.17, 15) is 14.4 Å². The molecule has 0 aromatic heterocycles. The van der Waals surface area contributed by atoms with Crippen molar-refractivity contribution in [3.05, 3.63) is 35.9 Å². The minimum Gasteiger partial charge on any atom is -0.467 e. The van der Waals surface area contributed by atoms with Gasteiger partial charge in [0.2, 0.25) is 5.91 Å². The lowest BCUT2D eigenvalue weighted by atomic mass is 10.1. The van der Waals surface area contributed by atoms with Crippen LogP contribution in [0.4, 0.5) is 4.79 Å². The van der Waals surface area contributed by atoms with Gasteiger partial charge in [-0.05, 0) is 40.2 Å². The first-order valence-electron chi connectivity index (χ1n) is 8.47. The third-order valence-electron chi connectivity index (χ3n) is 3.59. The van der Waals surface area contributed by atoms with Crippen molar-refractivity contribution in [1.82, 2.24) is 10.2 Å². The monoisotopic (exact) mass is 364 g/mol. The van der Waals surface area contributed by atoms with E-state index in [0.29, 0.717) is 0 Å². The van der Waals surface area contributed by atoms with Crippen LogP contribution in [0.5, 0.6) is 0 Å². The van der Waals surface area contributed by atoms with Gasteiger partial charge in [0.05, 0.1) is 7.11 Å². The Morgan fingerprint density at radius 1 is 1.12 bits per heavy atom. The molecule has 0 aliphatic carbocycles. The van der Waals surface area contributed by atoms with E-state index in [1.807, 2.05) is 30.3 Å². The average Bonchev–Trinajstić information content (AvgIpc) is 2.56. The molecule has 0 saturated heterocycles. The molecule has 0 heterocycles. The zero-order valence-corrected chi connectivity index (χ0v) is 16.2. The molecule has 2 amide bonds. The second-order valence-corrected chi connectivity index (χ2v) is 7.02. The number of amides is 2. The number of benzene rings is 1. The Labute approximate surface area is 154 Å². The Kier molecular flexibility index (Phi) is 7.61. The summed E-state index contributed by atoms with van der Waals surface area (Å²) in [4.78, 5) is 38.1. The smallest absolute Gasteiger partial charge is 0.408 e. The summed E-state index contributed by atoms with van der Waals surface area (Å²) in [6, 6.07) is 7.63. The van der Waals surface area contributed by atoms with Gasteiger partial charge in [-0.25, -0.2) is 9.59 Å². The lowest BCUT2D eigenvalue weighted by molar-refractivity contribution is -0.153. The fraction of sp³-hybridized carbons (Fsp3) is 0.526. The Balaban J connectivity index is 2.92. The van der Waals surface area contributed by atoms with Crippen molar-refractivity contribution in [3.8, 4) is 0 Å². The number of carbonyl (C=O) groups excluding carboxylic acids is 3. The number of alkyl carbamates (subject to hydrolysis) is 1. The van der Waals surface area contributed by atoms with E-state index >= 15 is 0 Å². The second-order valence-electron chi connectivity index (χ2n) is 7.02. The number of rotatable bonds is 6. The van der Waals surface area contributed by atoms with Gasteiger partial charge in [0, 0.05) is 6.54 Å². The predicted molar refractivity (Wildman–Crippen MR) is 97.3 cm³/mol. The summed E-state index contributed by atoms with van der Waals surface area (Å²) in [5, 5.41) is 2.51. The molecule has 2 atom stereocenters. The fourth-order valence-electron chi connectivity index (χ4n) is 2.28. The van der Waals surface area contributed by atoms with Gasteiger partial charge in [-0.2, -0.15) is 0 Å². The number of hydrogen-bond acceptors (Lipinski definition) is 5. The minimum absolute atomic E-state index is 0.219. The molecular weight excluding hydrogens is 336 g/mol. The molecule has 0 saturated carbocycles. The molecule has 7 heteroatoms. The highest BCUT2D eigenvalue weighted by atomic mass is 16.6. The Morgan fingerprint density at radius 2 is 1.69 bits per heavy atom. The average molecular weight is 364 g/mol. The lowest BCUT2D eigenvalue weighted by Crippen LogP contribution is -2.52. The third-order valence-corrected chi connectivity index (χ3v) is 3.59. The van der Waals surface area contributed by atoms with Gasteiger partial charge in [0.15, 0.2) is 0 Å². The van der Waals surface area contributed by atoms with Crippen molar-refractivity contribution >= 4 is 18.0 Å². The molecule has 1 aromatic rings. The van der Waals surface area contributed by atoms with Crippen LogP contribution in [0.1, 0.15) is 40.2 Å². The number of nitrogens with one attached hydrogen (secondary N) is 1. The van der Waals surface area contributed by atoms with E-state index in [2.05, 4.69) is 5.32 Å². The van der Waals surface area contributed by atoms with Crippen molar-refractivity contribution in [2.45, 2.75) is 58.8 Å². The molecule has 0 aliphatic rings. The van der Waals surface area contributed by atoms with Crippen molar-refractivity contribution in [2.24, 2.45) is 0 Å². The normalized spacial score (nSPS) is 13.3. The topological polar surface area (TPSA) is 84.9 Å². The summed E-state index contributed by atoms with van der Waals surface area (Å²) in [6.45, 7) is 8.57. The Hall–Kier alpha value is -2.57. The van der Waals surface area contributed by atoms with Gasteiger partial charge in [0.25, 0.3) is 0 Å². The summed E-state index contributed by atoms with van der Waals surface area (Å²) in [5.41, 5.74) is 0.191. The van der Waals surface area contributed by atoms with E-state index in [4.69, 9.17) is 9.47 Å². The van der Waals surface area contributed by atoms with Crippen LogP contribution in [0, 0.1) is 0 Å². The van der Waals surface area contributed by atoms with Crippen LogP contribution < -0.4 is 5.32 Å². The van der Waals surface area contributed by atoms with E-state index < -0.39 is 35.7 Å². The molecule has 0 aliphatic heterocycles. The fourth-order valence-corrected chi connectivity index (χ4v) is 2.28. The molecule has 1 aromatic carbocycles. The highest BCUT2D eigenvalue weighted by Crippen LogP contribution is 2.12. The van der Waals surface area contributed by atoms with Gasteiger partial charge in [-0.1, -0.05) is 30.3 Å². The molecule has 144 valence electrons. The zero-order chi connectivity index (χ0) is 19.9. The minimum atomic E-state index is -0.860. The maximum atomic E-state index is 12.9. The highest BCUT2D eigenvalue weighted by Gasteiger charge is 2.31. The van der Waals surface area contributed by atoms with Crippen molar-refractivity contribution in [1.29, 1.82) is 0 Å². The maximum Gasteiger partial charge on any atom is 0.408 e. The van der Waals surface area contributed by atoms with Crippen LogP contribution in [-0.2, 0) is 25.6 Å². The first-order chi connectivity index (χ1) is 12.0. The number of carbonyl (C=O) groups is 3. The van der Waals surface area contributed by atoms with Crippen LogP contribution >= 0.6 is 0 Å². The molecule has 7 nitrogen and oxygen atoms in total. The first kappa shape index (κ1) is 21.5. The van der Waals surface area contributed by atoms with Crippen LogP contribution in [0.15, 0.2) is 30.3 Å².